The number of piperidine rings is 1. The number of carboxylic acid groups (broad SMARTS) is 1. The highest BCUT2D eigenvalue weighted by Crippen LogP contribution is 2.25. The molecule has 0 radical (unpaired) electrons. The zero-order valence-electron chi connectivity index (χ0n) is 11.4. The van der Waals surface area contributed by atoms with E-state index in [-0.39, 0.29) is 18.4 Å². The topological polar surface area (TPSA) is 57.6 Å². The molecular weight excluding hydrogens is 278 g/mol. The van der Waals surface area contributed by atoms with Gasteiger partial charge in [0, 0.05) is 17.6 Å². The van der Waals surface area contributed by atoms with Gasteiger partial charge in [-0.1, -0.05) is 29.8 Å². The van der Waals surface area contributed by atoms with Crippen LogP contribution < -0.4 is 0 Å². The summed E-state index contributed by atoms with van der Waals surface area (Å²) in [4.78, 5) is 25.2. The summed E-state index contributed by atoms with van der Waals surface area (Å²) in [7, 11) is 0. The lowest BCUT2D eigenvalue weighted by molar-refractivity contribution is -0.148. The SMILES string of the molecule is C[C@@H]1[C@H](C(=O)O)CCCN1C(=O)Cc1ccccc1Cl. The van der Waals surface area contributed by atoms with Crippen LogP contribution in [0, 0.1) is 5.92 Å². The van der Waals surface area contributed by atoms with E-state index in [4.69, 9.17) is 11.6 Å². The maximum atomic E-state index is 12.4. The van der Waals surface area contributed by atoms with Crippen molar-refractivity contribution >= 4 is 23.5 Å². The molecule has 2 rings (SSSR count). The summed E-state index contributed by atoms with van der Waals surface area (Å²) in [6.45, 7) is 2.43. The van der Waals surface area contributed by atoms with Gasteiger partial charge in [-0.15, -0.1) is 0 Å². The monoisotopic (exact) mass is 295 g/mol. The lowest BCUT2D eigenvalue weighted by Crippen LogP contribution is -2.49. The molecule has 0 spiro atoms. The first-order valence-corrected chi connectivity index (χ1v) is 7.14. The van der Waals surface area contributed by atoms with Crippen LogP contribution in [0.3, 0.4) is 0 Å². The fourth-order valence-corrected chi connectivity index (χ4v) is 2.93. The molecule has 0 bridgehead atoms. The Morgan fingerprint density at radius 2 is 2.10 bits per heavy atom. The number of benzene rings is 1. The summed E-state index contributed by atoms with van der Waals surface area (Å²) in [6, 6.07) is 6.97. The molecule has 4 nitrogen and oxygen atoms in total. The van der Waals surface area contributed by atoms with Gasteiger partial charge in [-0.25, -0.2) is 0 Å². The fraction of sp³-hybridized carbons (Fsp3) is 0.467. The molecule has 20 heavy (non-hydrogen) atoms. The van der Waals surface area contributed by atoms with E-state index in [0.29, 0.717) is 18.0 Å². The highest BCUT2D eigenvalue weighted by molar-refractivity contribution is 6.31. The second-order valence-electron chi connectivity index (χ2n) is 5.18. The second-order valence-corrected chi connectivity index (χ2v) is 5.59. The Hall–Kier alpha value is -1.55. The molecule has 0 saturated carbocycles. The Balaban J connectivity index is 2.09. The van der Waals surface area contributed by atoms with E-state index < -0.39 is 11.9 Å². The zero-order chi connectivity index (χ0) is 14.7. The first kappa shape index (κ1) is 14.9. The summed E-state index contributed by atoms with van der Waals surface area (Å²) in [5.41, 5.74) is 0.781. The number of halogens is 1. The van der Waals surface area contributed by atoms with E-state index >= 15 is 0 Å². The summed E-state index contributed by atoms with van der Waals surface area (Å²) in [5, 5.41) is 9.75. The van der Waals surface area contributed by atoms with Crippen LogP contribution in [0.15, 0.2) is 24.3 Å². The summed E-state index contributed by atoms with van der Waals surface area (Å²) in [6.07, 6.45) is 1.58. The number of rotatable bonds is 3. The van der Waals surface area contributed by atoms with Crippen molar-refractivity contribution in [2.24, 2.45) is 5.92 Å². The summed E-state index contributed by atoms with van der Waals surface area (Å²) >= 11 is 6.06. The van der Waals surface area contributed by atoms with Crippen molar-refractivity contribution in [1.29, 1.82) is 0 Å². The number of amides is 1. The maximum absolute atomic E-state index is 12.4. The Morgan fingerprint density at radius 3 is 2.75 bits per heavy atom. The van der Waals surface area contributed by atoms with Crippen molar-refractivity contribution < 1.29 is 14.7 Å². The van der Waals surface area contributed by atoms with Crippen LogP contribution in [0.5, 0.6) is 0 Å². The lowest BCUT2D eigenvalue weighted by atomic mass is 9.90. The van der Waals surface area contributed by atoms with Gasteiger partial charge in [0.2, 0.25) is 5.91 Å². The first-order valence-electron chi connectivity index (χ1n) is 6.76. The van der Waals surface area contributed by atoms with Crippen molar-refractivity contribution in [3.8, 4) is 0 Å². The number of hydrogen-bond donors (Lipinski definition) is 1. The largest absolute Gasteiger partial charge is 0.481 e. The quantitative estimate of drug-likeness (QED) is 0.932. The Labute approximate surface area is 123 Å². The number of carbonyl (C=O) groups excluding carboxylic acids is 1. The predicted octanol–water partition coefficient (Wildman–Crippen LogP) is 2.59. The van der Waals surface area contributed by atoms with Gasteiger partial charge in [-0.3, -0.25) is 9.59 Å². The van der Waals surface area contributed by atoms with Gasteiger partial charge in [0.15, 0.2) is 0 Å². The third kappa shape index (κ3) is 3.12. The van der Waals surface area contributed by atoms with E-state index in [1.807, 2.05) is 25.1 Å². The normalized spacial score (nSPS) is 22.6. The third-order valence-corrected chi connectivity index (χ3v) is 4.29. The minimum atomic E-state index is -0.826. The van der Waals surface area contributed by atoms with Crippen LogP contribution >= 0.6 is 11.6 Å². The van der Waals surface area contributed by atoms with E-state index in [1.54, 1.807) is 11.0 Å². The van der Waals surface area contributed by atoms with Crippen molar-refractivity contribution in [1.82, 2.24) is 4.90 Å². The van der Waals surface area contributed by atoms with Crippen LogP contribution in [-0.2, 0) is 16.0 Å². The van der Waals surface area contributed by atoms with Crippen LogP contribution in [0.1, 0.15) is 25.3 Å². The molecule has 1 aliphatic heterocycles. The molecule has 1 saturated heterocycles. The van der Waals surface area contributed by atoms with E-state index in [9.17, 15) is 14.7 Å². The Bertz CT molecular complexity index is 518. The number of carboxylic acids is 1. The van der Waals surface area contributed by atoms with Crippen LogP contribution in [-0.4, -0.2) is 34.5 Å². The van der Waals surface area contributed by atoms with Crippen LogP contribution in [0.4, 0.5) is 0 Å². The standard InChI is InChI=1S/C15H18ClNO3/c1-10-12(15(19)20)6-4-8-17(10)14(18)9-11-5-2-3-7-13(11)16/h2-3,5,7,10,12H,4,6,8-9H2,1H3,(H,19,20)/t10-,12-/m1/s1. The average molecular weight is 296 g/mol. The number of carbonyl (C=O) groups is 2. The molecule has 0 aromatic heterocycles. The number of nitrogens with zero attached hydrogens (tertiary/aromatic N) is 1. The molecule has 1 fully saturated rings. The van der Waals surface area contributed by atoms with Crippen LogP contribution in [0.25, 0.3) is 0 Å². The minimum Gasteiger partial charge on any atom is -0.481 e. The number of hydrogen-bond acceptors (Lipinski definition) is 2. The van der Waals surface area contributed by atoms with E-state index in [1.165, 1.54) is 0 Å². The van der Waals surface area contributed by atoms with Gasteiger partial charge in [0.1, 0.15) is 0 Å². The predicted molar refractivity (Wildman–Crippen MR) is 76.7 cm³/mol. The molecule has 2 atom stereocenters. The number of aliphatic carboxylic acids is 1. The van der Waals surface area contributed by atoms with E-state index in [2.05, 4.69) is 0 Å². The molecular formula is C15H18ClNO3. The zero-order valence-corrected chi connectivity index (χ0v) is 12.1. The molecule has 1 N–H and O–H groups in total. The van der Waals surface area contributed by atoms with Crippen molar-refractivity contribution in [2.45, 2.75) is 32.2 Å². The summed E-state index contributed by atoms with van der Waals surface area (Å²) in [5.74, 6) is -1.36. The van der Waals surface area contributed by atoms with Gasteiger partial charge in [0.05, 0.1) is 12.3 Å². The molecule has 108 valence electrons. The van der Waals surface area contributed by atoms with Gasteiger partial charge in [-0.2, -0.15) is 0 Å². The molecule has 1 aromatic rings. The smallest absolute Gasteiger partial charge is 0.308 e. The molecule has 1 heterocycles. The Kier molecular flexibility index (Phi) is 4.65. The molecule has 1 aromatic carbocycles. The van der Waals surface area contributed by atoms with Crippen molar-refractivity contribution in [2.75, 3.05) is 6.54 Å². The minimum absolute atomic E-state index is 0.0587. The highest BCUT2D eigenvalue weighted by Gasteiger charge is 2.35. The van der Waals surface area contributed by atoms with E-state index in [0.717, 1.165) is 12.0 Å². The number of likely N-dealkylation sites (tertiary alicyclic amines) is 1. The first-order chi connectivity index (χ1) is 9.50. The molecule has 1 aliphatic rings. The second kappa shape index (κ2) is 6.27. The van der Waals surface area contributed by atoms with Gasteiger partial charge in [-0.05, 0) is 31.4 Å². The van der Waals surface area contributed by atoms with Gasteiger partial charge < -0.3 is 10.0 Å². The molecule has 5 heteroatoms. The Morgan fingerprint density at radius 1 is 1.40 bits per heavy atom. The lowest BCUT2D eigenvalue weighted by Gasteiger charge is -2.37. The van der Waals surface area contributed by atoms with Crippen molar-refractivity contribution in [3.63, 3.8) is 0 Å². The van der Waals surface area contributed by atoms with Crippen LogP contribution in [0.2, 0.25) is 5.02 Å². The summed E-state index contributed by atoms with van der Waals surface area (Å²) < 4.78 is 0. The highest BCUT2D eigenvalue weighted by atomic mass is 35.5. The average Bonchev–Trinajstić information content (AvgIpc) is 2.41. The van der Waals surface area contributed by atoms with Crippen molar-refractivity contribution in [3.05, 3.63) is 34.9 Å². The maximum Gasteiger partial charge on any atom is 0.308 e. The molecule has 0 aliphatic carbocycles. The fourth-order valence-electron chi connectivity index (χ4n) is 2.73. The molecule has 0 unspecified atom stereocenters. The van der Waals surface area contributed by atoms with Gasteiger partial charge >= 0.3 is 5.97 Å². The van der Waals surface area contributed by atoms with Gasteiger partial charge in [0.25, 0.3) is 0 Å². The molecule has 1 amide bonds. The third-order valence-electron chi connectivity index (χ3n) is 3.93.